The Hall–Kier alpha value is -1.06. The van der Waals surface area contributed by atoms with Gasteiger partial charge in [-0.2, -0.15) is 0 Å². The van der Waals surface area contributed by atoms with Gasteiger partial charge in [0.1, 0.15) is 0 Å². The van der Waals surface area contributed by atoms with Crippen LogP contribution in [0.5, 0.6) is 0 Å². The number of benzene rings is 1. The minimum absolute atomic E-state index is 0. The summed E-state index contributed by atoms with van der Waals surface area (Å²) in [5.41, 5.74) is 1.24. The van der Waals surface area contributed by atoms with Crippen LogP contribution in [0.25, 0.3) is 0 Å². The van der Waals surface area contributed by atoms with Crippen molar-refractivity contribution in [1.29, 1.82) is 0 Å². The summed E-state index contributed by atoms with van der Waals surface area (Å²) in [6.07, 6.45) is 6.21. The molecule has 4 heteroatoms. The summed E-state index contributed by atoms with van der Waals surface area (Å²) in [4.78, 5) is 12.0. The molecule has 2 heterocycles. The molecule has 0 aromatic heterocycles. The van der Waals surface area contributed by atoms with Gasteiger partial charge < -0.3 is 10.6 Å². The number of nitrogens with one attached hydrogen (secondary N) is 2. The van der Waals surface area contributed by atoms with Crippen molar-refractivity contribution in [2.24, 2.45) is 0 Å². The van der Waals surface area contributed by atoms with Gasteiger partial charge in [0.15, 0.2) is 0 Å². The Morgan fingerprint density at radius 3 is 2.45 bits per heavy atom. The van der Waals surface area contributed by atoms with E-state index in [2.05, 4.69) is 22.8 Å². The number of carbonyl (C=O) groups excluding carboxylic acids is 1. The lowest BCUT2D eigenvalue weighted by Gasteiger charge is -2.29. The van der Waals surface area contributed by atoms with Crippen LogP contribution in [0.3, 0.4) is 0 Å². The third-order valence-corrected chi connectivity index (χ3v) is 4.32. The Kier molecular flexibility index (Phi) is 5.44. The molecule has 2 aliphatic heterocycles. The molecule has 1 aromatic carbocycles. The standard InChI is InChI=1S/C16H22N2O.ClH/c19-16(9-6-12-4-2-1-3-5-12)18-15-10-13-7-8-14(11-15)17-13;/h1-5,13-15,17H,6-11H2,(H,18,19);1H. The number of amides is 1. The fraction of sp³-hybridized carbons (Fsp3) is 0.562. The van der Waals surface area contributed by atoms with E-state index < -0.39 is 0 Å². The minimum Gasteiger partial charge on any atom is -0.353 e. The largest absolute Gasteiger partial charge is 0.353 e. The Bertz CT molecular complexity index is 425. The average Bonchev–Trinajstić information content (AvgIpc) is 2.77. The van der Waals surface area contributed by atoms with E-state index in [0.29, 0.717) is 24.5 Å². The fourth-order valence-corrected chi connectivity index (χ4v) is 3.38. The van der Waals surface area contributed by atoms with E-state index in [0.717, 1.165) is 19.3 Å². The number of fused-ring (bicyclic) bond motifs is 2. The molecule has 0 radical (unpaired) electrons. The molecule has 2 unspecified atom stereocenters. The van der Waals surface area contributed by atoms with Crippen molar-refractivity contribution in [3.05, 3.63) is 35.9 Å². The second kappa shape index (κ2) is 7.09. The van der Waals surface area contributed by atoms with E-state index in [1.165, 1.54) is 18.4 Å². The molecule has 2 atom stereocenters. The topological polar surface area (TPSA) is 41.1 Å². The van der Waals surface area contributed by atoms with Gasteiger partial charge in [0, 0.05) is 24.5 Å². The van der Waals surface area contributed by atoms with Crippen molar-refractivity contribution in [1.82, 2.24) is 10.6 Å². The number of aryl methyl sites for hydroxylation is 1. The lowest BCUT2D eigenvalue weighted by atomic mass is 9.99. The molecule has 20 heavy (non-hydrogen) atoms. The quantitative estimate of drug-likeness (QED) is 0.895. The van der Waals surface area contributed by atoms with Gasteiger partial charge >= 0.3 is 0 Å². The maximum Gasteiger partial charge on any atom is 0.220 e. The summed E-state index contributed by atoms with van der Waals surface area (Å²) in [7, 11) is 0. The van der Waals surface area contributed by atoms with Crippen LogP contribution < -0.4 is 10.6 Å². The molecule has 0 spiro atoms. The summed E-state index contributed by atoms with van der Waals surface area (Å²) >= 11 is 0. The van der Waals surface area contributed by atoms with E-state index >= 15 is 0 Å². The van der Waals surface area contributed by atoms with Crippen LogP contribution >= 0.6 is 12.4 Å². The van der Waals surface area contributed by atoms with Crippen LogP contribution in [0.1, 0.15) is 37.7 Å². The van der Waals surface area contributed by atoms with Gasteiger partial charge in [-0.15, -0.1) is 12.4 Å². The molecule has 1 aromatic rings. The zero-order valence-corrected chi connectivity index (χ0v) is 12.5. The van der Waals surface area contributed by atoms with Crippen molar-refractivity contribution in [3.63, 3.8) is 0 Å². The second-order valence-electron chi connectivity index (χ2n) is 5.86. The maximum absolute atomic E-state index is 12.0. The molecule has 2 bridgehead atoms. The normalized spacial score (nSPS) is 27.7. The second-order valence-corrected chi connectivity index (χ2v) is 5.86. The SMILES string of the molecule is Cl.O=C(CCc1ccccc1)NC1CC2CCC(C1)N2. The molecular formula is C16H23ClN2O. The highest BCUT2D eigenvalue weighted by molar-refractivity contribution is 5.85. The van der Waals surface area contributed by atoms with Crippen molar-refractivity contribution >= 4 is 18.3 Å². The molecule has 110 valence electrons. The number of halogens is 1. The van der Waals surface area contributed by atoms with Crippen molar-refractivity contribution in [3.8, 4) is 0 Å². The van der Waals surface area contributed by atoms with Crippen LogP contribution in [0, 0.1) is 0 Å². The number of hydrogen-bond acceptors (Lipinski definition) is 2. The van der Waals surface area contributed by atoms with Gasteiger partial charge in [0.25, 0.3) is 0 Å². The van der Waals surface area contributed by atoms with E-state index in [4.69, 9.17) is 0 Å². The van der Waals surface area contributed by atoms with Gasteiger partial charge in [0.2, 0.25) is 5.91 Å². The number of carbonyl (C=O) groups is 1. The third-order valence-electron chi connectivity index (χ3n) is 4.32. The molecule has 3 nitrogen and oxygen atoms in total. The first-order valence-electron chi connectivity index (χ1n) is 7.39. The Morgan fingerprint density at radius 2 is 1.80 bits per heavy atom. The molecule has 2 fully saturated rings. The molecular weight excluding hydrogens is 272 g/mol. The summed E-state index contributed by atoms with van der Waals surface area (Å²) < 4.78 is 0. The Morgan fingerprint density at radius 1 is 1.15 bits per heavy atom. The van der Waals surface area contributed by atoms with E-state index in [-0.39, 0.29) is 18.3 Å². The predicted octanol–water partition coefficient (Wildman–Crippen LogP) is 2.44. The van der Waals surface area contributed by atoms with Gasteiger partial charge in [-0.25, -0.2) is 0 Å². The van der Waals surface area contributed by atoms with Crippen molar-refractivity contribution in [2.75, 3.05) is 0 Å². The van der Waals surface area contributed by atoms with E-state index in [9.17, 15) is 4.79 Å². The molecule has 0 aliphatic carbocycles. The Labute approximate surface area is 126 Å². The van der Waals surface area contributed by atoms with Crippen LogP contribution in [-0.4, -0.2) is 24.0 Å². The number of hydrogen-bond donors (Lipinski definition) is 2. The maximum atomic E-state index is 12.0. The van der Waals surface area contributed by atoms with Crippen LogP contribution in [0.4, 0.5) is 0 Å². The van der Waals surface area contributed by atoms with Crippen LogP contribution in [0.15, 0.2) is 30.3 Å². The molecule has 2 saturated heterocycles. The molecule has 1 amide bonds. The van der Waals surface area contributed by atoms with E-state index in [1.807, 2.05) is 18.2 Å². The van der Waals surface area contributed by atoms with Gasteiger partial charge in [-0.05, 0) is 37.7 Å². The summed E-state index contributed by atoms with van der Waals surface area (Å²) in [5, 5.41) is 6.81. The molecule has 2 N–H and O–H groups in total. The number of rotatable bonds is 4. The van der Waals surface area contributed by atoms with Crippen LogP contribution in [-0.2, 0) is 11.2 Å². The lowest BCUT2D eigenvalue weighted by molar-refractivity contribution is -0.122. The monoisotopic (exact) mass is 294 g/mol. The third kappa shape index (κ3) is 3.97. The number of piperidine rings is 1. The van der Waals surface area contributed by atoms with Crippen molar-refractivity contribution in [2.45, 2.75) is 56.7 Å². The first kappa shape index (κ1) is 15.3. The zero-order valence-electron chi connectivity index (χ0n) is 11.7. The first-order chi connectivity index (χ1) is 9.29. The predicted molar refractivity (Wildman–Crippen MR) is 83.1 cm³/mol. The summed E-state index contributed by atoms with van der Waals surface area (Å²) in [6, 6.07) is 11.9. The molecule has 2 aliphatic rings. The zero-order chi connectivity index (χ0) is 13.1. The van der Waals surface area contributed by atoms with Gasteiger partial charge in [-0.1, -0.05) is 30.3 Å². The van der Waals surface area contributed by atoms with Crippen LogP contribution in [0.2, 0.25) is 0 Å². The molecule has 0 saturated carbocycles. The highest BCUT2D eigenvalue weighted by atomic mass is 35.5. The van der Waals surface area contributed by atoms with Gasteiger partial charge in [-0.3, -0.25) is 4.79 Å². The van der Waals surface area contributed by atoms with E-state index in [1.54, 1.807) is 0 Å². The average molecular weight is 295 g/mol. The fourth-order valence-electron chi connectivity index (χ4n) is 3.38. The summed E-state index contributed by atoms with van der Waals surface area (Å²) in [5.74, 6) is 0.204. The highest BCUT2D eigenvalue weighted by Crippen LogP contribution is 2.26. The highest BCUT2D eigenvalue weighted by Gasteiger charge is 2.33. The van der Waals surface area contributed by atoms with Gasteiger partial charge in [0.05, 0.1) is 0 Å². The van der Waals surface area contributed by atoms with Crippen molar-refractivity contribution < 1.29 is 4.79 Å². The minimum atomic E-state index is 0. The Balaban J connectivity index is 0.00000147. The molecule has 3 rings (SSSR count). The lowest BCUT2D eigenvalue weighted by Crippen LogP contribution is -2.48. The summed E-state index contributed by atoms with van der Waals surface area (Å²) in [6.45, 7) is 0. The first-order valence-corrected chi connectivity index (χ1v) is 7.39. The smallest absolute Gasteiger partial charge is 0.220 e.